The lowest BCUT2D eigenvalue weighted by Gasteiger charge is -2.21. The van der Waals surface area contributed by atoms with Gasteiger partial charge in [0, 0.05) is 19.8 Å². The number of carbonyl (C=O) groups is 8. The van der Waals surface area contributed by atoms with E-state index in [9.17, 15) is 53.7 Å². The lowest BCUT2D eigenvalue weighted by Crippen LogP contribution is -2.56. The van der Waals surface area contributed by atoms with Crippen LogP contribution in [0.15, 0.2) is 48.5 Å². The molecule has 0 aromatic heterocycles. The van der Waals surface area contributed by atoms with Crippen molar-refractivity contribution in [2.75, 3.05) is 13.1 Å². The molecule has 7 amide bonds. The lowest BCUT2D eigenvalue weighted by molar-refractivity contribution is -0.141. The lowest BCUT2D eigenvalue weighted by atomic mass is 10.0. The summed E-state index contributed by atoms with van der Waals surface area (Å²) < 4.78 is 0. The topological polar surface area (TPSA) is 295 Å². The number of rotatable bonds is 18. The molecule has 2 aromatic rings. The number of hydrogen-bond donors (Lipinski definition) is 10. The van der Waals surface area contributed by atoms with Gasteiger partial charge in [-0.15, -0.1) is 0 Å². The van der Waals surface area contributed by atoms with Crippen LogP contribution in [0, 0.1) is 0 Å². The van der Waals surface area contributed by atoms with E-state index in [-0.39, 0.29) is 24.3 Å². The van der Waals surface area contributed by atoms with E-state index in [0.717, 1.165) is 0 Å². The number of nitrogens with two attached hydrogens (primary N) is 1. The van der Waals surface area contributed by atoms with Crippen LogP contribution in [0.3, 0.4) is 0 Å². The Labute approximate surface area is 280 Å². The van der Waals surface area contributed by atoms with Crippen molar-refractivity contribution >= 4 is 47.3 Å². The third-order valence-corrected chi connectivity index (χ3v) is 6.75. The molecule has 0 bridgehead atoms. The quantitative estimate of drug-likeness (QED) is 0.0757. The largest absolute Gasteiger partial charge is 0.508 e. The smallest absolute Gasteiger partial charge is 0.305 e. The fourth-order valence-corrected chi connectivity index (χ4v) is 4.28. The zero-order chi connectivity index (χ0) is 36.7. The summed E-state index contributed by atoms with van der Waals surface area (Å²) in [5.74, 6) is -7.24. The molecule has 4 atom stereocenters. The van der Waals surface area contributed by atoms with Crippen LogP contribution in [0.25, 0.3) is 0 Å². The summed E-state index contributed by atoms with van der Waals surface area (Å²) in [6.45, 7) is 1.12. The maximum atomic E-state index is 12.8. The molecule has 0 aliphatic rings. The van der Waals surface area contributed by atoms with Crippen LogP contribution in [0.1, 0.15) is 31.4 Å². The number of benzene rings is 2. The SMILES string of the molecule is CC(=O)N[C@@H](Cc1ccc(O)cc1)C(=O)NCC(=O)N[C@@H](CC(=O)O)C(=O)N[C@@H](C)C(=O)NCC(=O)N[C@@H](Cc1ccc(O)cc1)C(N)=O. The number of carbonyl (C=O) groups excluding carboxylic acids is 7. The van der Waals surface area contributed by atoms with Crippen molar-refractivity contribution in [1.29, 1.82) is 0 Å². The zero-order valence-corrected chi connectivity index (χ0v) is 26.6. The molecule has 2 aromatic carbocycles. The molecule has 0 unspecified atom stereocenters. The van der Waals surface area contributed by atoms with Gasteiger partial charge in [0.2, 0.25) is 41.4 Å². The van der Waals surface area contributed by atoms with E-state index >= 15 is 0 Å². The van der Waals surface area contributed by atoms with Crippen LogP contribution in [-0.2, 0) is 51.2 Å². The van der Waals surface area contributed by atoms with Crippen molar-refractivity contribution in [2.24, 2.45) is 5.73 Å². The van der Waals surface area contributed by atoms with Gasteiger partial charge in [-0.1, -0.05) is 24.3 Å². The van der Waals surface area contributed by atoms with Crippen molar-refractivity contribution < 1.29 is 53.7 Å². The molecule has 0 heterocycles. The Morgan fingerprint density at radius 1 is 0.633 bits per heavy atom. The number of carboxylic acid groups (broad SMARTS) is 1. The van der Waals surface area contributed by atoms with Gasteiger partial charge in [-0.05, 0) is 42.3 Å². The Morgan fingerprint density at radius 3 is 1.53 bits per heavy atom. The van der Waals surface area contributed by atoms with E-state index in [1.165, 1.54) is 62.4 Å². The molecule has 0 aliphatic carbocycles. The normalized spacial score (nSPS) is 12.9. The van der Waals surface area contributed by atoms with Crippen LogP contribution in [0.4, 0.5) is 0 Å². The van der Waals surface area contributed by atoms with Gasteiger partial charge < -0.3 is 53.0 Å². The van der Waals surface area contributed by atoms with Gasteiger partial charge in [-0.3, -0.25) is 38.4 Å². The Bertz CT molecular complexity index is 1530. The molecule has 49 heavy (non-hydrogen) atoms. The number of phenolic OH excluding ortho intramolecular Hbond substituents is 2. The van der Waals surface area contributed by atoms with Crippen molar-refractivity contribution in [3.63, 3.8) is 0 Å². The fraction of sp³-hybridized carbons (Fsp3) is 0.355. The van der Waals surface area contributed by atoms with Crippen LogP contribution in [-0.4, -0.2) is 99.9 Å². The first-order chi connectivity index (χ1) is 23.0. The van der Waals surface area contributed by atoms with Crippen LogP contribution in [0.2, 0.25) is 0 Å². The number of amides is 7. The van der Waals surface area contributed by atoms with E-state index in [1.807, 2.05) is 0 Å². The van der Waals surface area contributed by atoms with Gasteiger partial charge in [0.05, 0.1) is 19.5 Å². The molecular formula is C31H39N7O11. The van der Waals surface area contributed by atoms with Gasteiger partial charge in [-0.25, -0.2) is 0 Å². The van der Waals surface area contributed by atoms with Gasteiger partial charge in [0.1, 0.15) is 35.7 Å². The van der Waals surface area contributed by atoms with Crippen LogP contribution in [0.5, 0.6) is 11.5 Å². The van der Waals surface area contributed by atoms with Gasteiger partial charge in [0.25, 0.3) is 0 Å². The summed E-state index contributed by atoms with van der Waals surface area (Å²) in [5, 5.41) is 41.9. The first kappa shape index (κ1) is 39.0. The number of primary amides is 1. The summed E-state index contributed by atoms with van der Waals surface area (Å²) >= 11 is 0. The molecule has 0 aliphatic heterocycles. The Hall–Kier alpha value is -6.20. The van der Waals surface area contributed by atoms with E-state index in [2.05, 4.69) is 31.9 Å². The van der Waals surface area contributed by atoms with Crippen LogP contribution < -0.4 is 37.6 Å². The van der Waals surface area contributed by atoms with Gasteiger partial charge in [-0.2, -0.15) is 0 Å². The molecule has 18 heteroatoms. The molecule has 2 rings (SSSR count). The third kappa shape index (κ3) is 14.4. The Kier molecular flexibility index (Phi) is 15.0. The number of nitrogens with one attached hydrogen (secondary N) is 6. The summed E-state index contributed by atoms with van der Waals surface area (Å²) in [5.41, 5.74) is 6.54. The highest BCUT2D eigenvalue weighted by atomic mass is 16.4. The number of aliphatic carboxylic acids is 1. The van der Waals surface area contributed by atoms with Crippen molar-refractivity contribution in [3.05, 3.63) is 59.7 Å². The van der Waals surface area contributed by atoms with Crippen LogP contribution >= 0.6 is 0 Å². The molecule has 0 spiro atoms. The minimum Gasteiger partial charge on any atom is -0.508 e. The van der Waals surface area contributed by atoms with Gasteiger partial charge >= 0.3 is 5.97 Å². The minimum atomic E-state index is -1.67. The monoisotopic (exact) mass is 685 g/mol. The predicted molar refractivity (Wildman–Crippen MR) is 170 cm³/mol. The third-order valence-electron chi connectivity index (χ3n) is 6.75. The Balaban J connectivity index is 1.90. The minimum absolute atomic E-state index is 0.00245. The average molecular weight is 686 g/mol. The molecule has 0 fully saturated rings. The highest BCUT2D eigenvalue weighted by Gasteiger charge is 2.28. The highest BCUT2D eigenvalue weighted by molar-refractivity contribution is 5.96. The van der Waals surface area contributed by atoms with E-state index in [0.29, 0.717) is 11.1 Å². The number of aromatic hydroxyl groups is 2. The summed E-state index contributed by atoms with van der Waals surface area (Å²) in [6.07, 6.45) is -0.852. The molecule has 0 saturated heterocycles. The molecule has 0 radical (unpaired) electrons. The van der Waals surface area contributed by atoms with Crippen molar-refractivity contribution in [3.8, 4) is 11.5 Å². The number of phenols is 2. The molecule has 0 saturated carbocycles. The number of hydrogen-bond acceptors (Lipinski definition) is 10. The first-order valence-electron chi connectivity index (χ1n) is 14.8. The average Bonchev–Trinajstić information content (AvgIpc) is 3.02. The second kappa shape index (κ2) is 18.8. The zero-order valence-electron chi connectivity index (χ0n) is 26.6. The standard InChI is InChI=1S/C31H39N7O11/c1-16(29(47)33-14-25(42)37-22(28(32)46)11-18-3-7-20(40)8-4-18)35-31(49)24(13-27(44)45)38-26(43)15-34-30(48)23(36-17(2)39)12-19-5-9-21(41)10-6-19/h3-10,16,22-24,40-41H,11-15H2,1-2H3,(H2,32,46)(H,33,47)(H,34,48)(H,35,49)(H,36,39)(H,37,42)(H,38,43)(H,44,45)/t16-,22-,23-,24-/m0/s1. The Morgan fingerprint density at radius 2 is 1.08 bits per heavy atom. The highest BCUT2D eigenvalue weighted by Crippen LogP contribution is 2.12. The van der Waals surface area contributed by atoms with Gasteiger partial charge in [0.15, 0.2) is 0 Å². The molecule has 18 nitrogen and oxygen atoms in total. The maximum Gasteiger partial charge on any atom is 0.305 e. The molecular weight excluding hydrogens is 646 g/mol. The van der Waals surface area contributed by atoms with E-state index in [4.69, 9.17) is 5.73 Å². The maximum absolute atomic E-state index is 12.8. The van der Waals surface area contributed by atoms with Crippen molar-refractivity contribution in [2.45, 2.75) is 57.3 Å². The van der Waals surface area contributed by atoms with Crippen molar-refractivity contribution in [1.82, 2.24) is 31.9 Å². The van der Waals surface area contributed by atoms with E-state index < -0.39 is 91.0 Å². The molecule has 264 valence electrons. The second-order valence-corrected chi connectivity index (χ2v) is 10.9. The molecule has 11 N–H and O–H groups in total. The van der Waals surface area contributed by atoms with E-state index in [1.54, 1.807) is 0 Å². The first-order valence-corrected chi connectivity index (χ1v) is 14.8. The number of carboxylic acids is 1. The second-order valence-electron chi connectivity index (χ2n) is 10.9. The summed E-state index contributed by atoms with van der Waals surface area (Å²) in [7, 11) is 0. The predicted octanol–water partition coefficient (Wildman–Crippen LogP) is -2.95. The summed E-state index contributed by atoms with van der Waals surface area (Å²) in [4.78, 5) is 97.9. The fourth-order valence-electron chi connectivity index (χ4n) is 4.28. The summed E-state index contributed by atoms with van der Waals surface area (Å²) in [6, 6.07) is 6.50.